The lowest BCUT2D eigenvalue weighted by Gasteiger charge is -2.33. The van der Waals surface area contributed by atoms with E-state index < -0.39 is 34.8 Å². The summed E-state index contributed by atoms with van der Waals surface area (Å²) in [5.74, 6) is -0.519. The van der Waals surface area contributed by atoms with Crippen molar-refractivity contribution in [2.24, 2.45) is 0 Å². The molecule has 0 bridgehead atoms. The monoisotopic (exact) mass is 427 g/mol. The zero-order valence-electron chi connectivity index (χ0n) is 15.6. The molecule has 1 aromatic carbocycles. The molecule has 2 heterocycles. The quantitative estimate of drug-likeness (QED) is 0.796. The fourth-order valence-electron chi connectivity index (χ4n) is 3.46. The molecule has 2 aromatic rings. The third-order valence-electron chi connectivity index (χ3n) is 4.80. The highest BCUT2D eigenvalue weighted by Crippen LogP contribution is 2.29. The molecule has 0 saturated carbocycles. The van der Waals surface area contributed by atoms with Gasteiger partial charge in [0.25, 0.3) is 5.56 Å². The Labute approximate surface area is 171 Å². The van der Waals surface area contributed by atoms with Crippen molar-refractivity contribution in [2.45, 2.75) is 38.1 Å². The smallest absolute Gasteiger partial charge is 0.351 e. The molecular weight excluding hydrogens is 407 g/mol. The molecule has 3 rings (SSSR count). The van der Waals surface area contributed by atoms with Gasteiger partial charge < -0.3 is 9.88 Å². The van der Waals surface area contributed by atoms with E-state index in [1.54, 1.807) is 0 Å². The average Bonchev–Trinajstić information content (AvgIpc) is 2.65. The Morgan fingerprint density at radius 2 is 1.97 bits per heavy atom. The van der Waals surface area contributed by atoms with Gasteiger partial charge in [0.05, 0.1) is 5.56 Å². The van der Waals surface area contributed by atoms with Gasteiger partial charge in [-0.2, -0.15) is 13.2 Å². The predicted octanol–water partition coefficient (Wildman–Crippen LogP) is 3.30. The van der Waals surface area contributed by atoms with E-state index in [2.05, 4.69) is 10.2 Å². The van der Waals surface area contributed by atoms with Crippen LogP contribution in [0.1, 0.15) is 24.0 Å². The van der Waals surface area contributed by atoms with E-state index in [0.29, 0.717) is 23.4 Å². The molecule has 29 heavy (non-hydrogen) atoms. The van der Waals surface area contributed by atoms with Gasteiger partial charge in [-0.15, -0.1) is 0 Å². The van der Waals surface area contributed by atoms with Crippen molar-refractivity contribution in [1.82, 2.24) is 14.8 Å². The summed E-state index contributed by atoms with van der Waals surface area (Å²) in [6, 6.07) is 10.4. The topological polar surface area (TPSA) is 54.3 Å². The van der Waals surface area contributed by atoms with E-state index in [9.17, 15) is 22.8 Å². The first-order chi connectivity index (χ1) is 13.7. The molecule has 156 valence electrons. The second-order valence-corrected chi connectivity index (χ2v) is 7.54. The predicted molar refractivity (Wildman–Crippen MR) is 104 cm³/mol. The second-order valence-electron chi connectivity index (χ2n) is 7.13. The summed E-state index contributed by atoms with van der Waals surface area (Å²) in [6.45, 7) is 1.79. The molecule has 0 aliphatic carbocycles. The van der Waals surface area contributed by atoms with Crippen LogP contribution in [0, 0.1) is 0 Å². The highest BCUT2D eigenvalue weighted by molar-refractivity contribution is 6.30. The summed E-state index contributed by atoms with van der Waals surface area (Å²) in [7, 11) is 0. The molecule has 1 saturated heterocycles. The average molecular weight is 428 g/mol. The summed E-state index contributed by atoms with van der Waals surface area (Å²) in [6.07, 6.45) is -2.37. The van der Waals surface area contributed by atoms with Crippen molar-refractivity contribution in [3.8, 4) is 0 Å². The molecule has 1 aliphatic heterocycles. The van der Waals surface area contributed by atoms with Crippen LogP contribution in [0.15, 0.2) is 47.4 Å². The molecule has 1 aliphatic rings. The van der Waals surface area contributed by atoms with E-state index in [-0.39, 0.29) is 6.04 Å². The fourth-order valence-corrected chi connectivity index (χ4v) is 3.68. The standard InChI is InChI=1S/C20H21ClF3N3O2/c21-17-9-15(20(22,23)24)11-27(19(17)29)13-18(28)25-16-7-4-8-26(12-16)10-14-5-2-1-3-6-14/h1-3,5-6,9,11,16H,4,7-8,10,12-13H2,(H,25,28)/t16-/m0/s1. The second kappa shape index (κ2) is 9.00. The first kappa shape index (κ1) is 21.4. The summed E-state index contributed by atoms with van der Waals surface area (Å²) < 4.78 is 39.5. The van der Waals surface area contributed by atoms with Gasteiger partial charge in [-0.3, -0.25) is 14.5 Å². The number of alkyl halides is 3. The largest absolute Gasteiger partial charge is 0.417 e. The molecule has 0 unspecified atom stereocenters. The number of carbonyl (C=O) groups is 1. The summed E-state index contributed by atoms with van der Waals surface area (Å²) in [4.78, 5) is 26.6. The maximum Gasteiger partial charge on any atom is 0.417 e. The lowest BCUT2D eigenvalue weighted by molar-refractivity contribution is -0.138. The number of nitrogens with zero attached hydrogens (tertiary/aromatic N) is 2. The van der Waals surface area contributed by atoms with Crippen LogP contribution in [0.3, 0.4) is 0 Å². The van der Waals surface area contributed by atoms with Gasteiger partial charge in [-0.1, -0.05) is 41.9 Å². The first-order valence-corrected chi connectivity index (χ1v) is 9.63. The van der Waals surface area contributed by atoms with E-state index in [1.165, 1.54) is 5.56 Å². The van der Waals surface area contributed by atoms with Crippen molar-refractivity contribution in [2.75, 3.05) is 13.1 Å². The Morgan fingerprint density at radius 1 is 1.24 bits per heavy atom. The maximum atomic E-state index is 12.9. The van der Waals surface area contributed by atoms with Crippen molar-refractivity contribution in [3.05, 3.63) is 69.1 Å². The highest BCUT2D eigenvalue weighted by Gasteiger charge is 2.32. The van der Waals surface area contributed by atoms with Gasteiger partial charge >= 0.3 is 6.18 Å². The molecule has 9 heteroatoms. The molecule has 0 spiro atoms. The summed E-state index contributed by atoms with van der Waals surface area (Å²) in [5.41, 5.74) is -0.726. The Morgan fingerprint density at radius 3 is 2.66 bits per heavy atom. The van der Waals surface area contributed by atoms with Crippen LogP contribution in [0.25, 0.3) is 0 Å². The number of hydrogen-bond acceptors (Lipinski definition) is 3. The third kappa shape index (κ3) is 5.83. The zero-order chi connectivity index (χ0) is 21.0. The van der Waals surface area contributed by atoms with Crippen molar-refractivity contribution >= 4 is 17.5 Å². The minimum atomic E-state index is -4.66. The Hall–Kier alpha value is -2.32. The first-order valence-electron chi connectivity index (χ1n) is 9.25. The SMILES string of the molecule is O=C(Cn1cc(C(F)(F)F)cc(Cl)c1=O)N[C@H]1CCCN(Cc2ccccc2)C1. The van der Waals surface area contributed by atoms with Crippen LogP contribution >= 0.6 is 11.6 Å². The van der Waals surface area contributed by atoms with Gasteiger partial charge in [0, 0.05) is 25.3 Å². The number of nitrogens with one attached hydrogen (secondary N) is 1. The lowest BCUT2D eigenvalue weighted by Crippen LogP contribution is -2.48. The molecule has 1 aromatic heterocycles. The molecule has 1 N–H and O–H groups in total. The number of hydrogen-bond donors (Lipinski definition) is 1. The van der Waals surface area contributed by atoms with Gasteiger partial charge in [0.2, 0.25) is 5.91 Å². The number of piperidine rings is 1. The minimum Gasteiger partial charge on any atom is -0.351 e. The number of benzene rings is 1. The molecule has 1 fully saturated rings. The van der Waals surface area contributed by atoms with Gasteiger partial charge in [0.1, 0.15) is 11.6 Å². The van der Waals surface area contributed by atoms with Crippen molar-refractivity contribution in [1.29, 1.82) is 0 Å². The number of amides is 1. The summed E-state index contributed by atoms with van der Waals surface area (Å²) >= 11 is 5.62. The molecule has 5 nitrogen and oxygen atoms in total. The van der Waals surface area contributed by atoms with E-state index in [0.717, 1.165) is 25.9 Å². The van der Waals surface area contributed by atoms with Crippen molar-refractivity contribution < 1.29 is 18.0 Å². The number of halogens is 4. The fraction of sp³-hybridized carbons (Fsp3) is 0.400. The van der Waals surface area contributed by atoms with Crippen LogP contribution in [0.2, 0.25) is 5.02 Å². The number of carbonyl (C=O) groups excluding carboxylic acids is 1. The van der Waals surface area contributed by atoms with Crippen LogP contribution in [0.4, 0.5) is 13.2 Å². The van der Waals surface area contributed by atoms with E-state index in [4.69, 9.17) is 11.6 Å². The van der Waals surface area contributed by atoms with Crippen LogP contribution < -0.4 is 10.9 Å². The van der Waals surface area contributed by atoms with Gasteiger partial charge in [0.15, 0.2) is 0 Å². The van der Waals surface area contributed by atoms with Crippen LogP contribution in [0.5, 0.6) is 0 Å². The number of rotatable bonds is 5. The third-order valence-corrected chi connectivity index (χ3v) is 5.07. The normalized spacial score (nSPS) is 17.9. The van der Waals surface area contributed by atoms with Gasteiger partial charge in [-0.25, -0.2) is 0 Å². The van der Waals surface area contributed by atoms with E-state index >= 15 is 0 Å². The zero-order valence-corrected chi connectivity index (χ0v) is 16.3. The summed E-state index contributed by atoms with van der Waals surface area (Å²) in [5, 5.41) is 2.25. The molecule has 1 atom stereocenters. The number of pyridine rings is 1. The highest BCUT2D eigenvalue weighted by atomic mass is 35.5. The number of aromatic nitrogens is 1. The maximum absolute atomic E-state index is 12.9. The van der Waals surface area contributed by atoms with Crippen molar-refractivity contribution in [3.63, 3.8) is 0 Å². The Kier molecular flexibility index (Phi) is 6.64. The van der Waals surface area contributed by atoms with Crippen LogP contribution in [-0.2, 0) is 24.1 Å². The van der Waals surface area contributed by atoms with E-state index in [1.807, 2.05) is 30.3 Å². The Bertz CT molecular complexity index is 915. The number of likely N-dealkylation sites (tertiary alicyclic amines) is 1. The molecule has 1 amide bonds. The van der Waals surface area contributed by atoms with Crippen LogP contribution in [-0.4, -0.2) is 34.5 Å². The minimum absolute atomic E-state index is 0.128. The Balaban J connectivity index is 1.62. The molecule has 0 radical (unpaired) electrons. The van der Waals surface area contributed by atoms with Gasteiger partial charge in [-0.05, 0) is 31.0 Å². The molecular formula is C20H21ClF3N3O2. The lowest BCUT2D eigenvalue weighted by atomic mass is 10.0.